The van der Waals surface area contributed by atoms with Crippen molar-refractivity contribution in [1.29, 1.82) is 0 Å². The molecule has 1 aliphatic heterocycles. The zero-order chi connectivity index (χ0) is 19.7. The smallest absolute Gasteiger partial charge is 0.290 e. The van der Waals surface area contributed by atoms with Crippen molar-refractivity contribution in [2.24, 2.45) is 0 Å². The molecule has 2 heterocycles. The first-order valence-corrected chi connectivity index (χ1v) is 9.80. The minimum absolute atomic E-state index is 0.204. The number of aromatic nitrogens is 1. The maximum absolute atomic E-state index is 13.0. The summed E-state index contributed by atoms with van der Waals surface area (Å²) in [5.41, 5.74) is 4.29. The Morgan fingerprint density at radius 2 is 1.86 bits per heavy atom. The highest BCUT2D eigenvalue weighted by atomic mass is 79.9. The molecule has 1 N–H and O–H groups in total. The van der Waals surface area contributed by atoms with Gasteiger partial charge in [-0.05, 0) is 42.3 Å². The van der Waals surface area contributed by atoms with Crippen LogP contribution < -0.4 is 0 Å². The Balaban J connectivity index is 1.83. The topological polar surface area (TPSA) is 53.4 Å². The van der Waals surface area contributed by atoms with Crippen molar-refractivity contribution in [3.8, 4) is 0 Å². The number of carbonyl (C=O) groups excluding carboxylic acids is 1. The standard InChI is InChI=1S/C23H19BrN2O2/c1-15-8-10-16(11-9-15)20-21(17-5-4-6-18(24)13-17)26(23(28)22(20)27)14-19-7-2-3-12-25-19/h2-13,21,27H,14H2,1H3/t21-/m1/s1. The Morgan fingerprint density at radius 1 is 1.07 bits per heavy atom. The van der Waals surface area contributed by atoms with Crippen LogP contribution >= 0.6 is 15.9 Å². The molecule has 1 aromatic heterocycles. The monoisotopic (exact) mass is 434 g/mol. The largest absolute Gasteiger partial charge is 0.503 e. The molecule has 0 saturated heterocycles. The molecule has 140 valence electrons. The zero-order valence-electron chi connectivity index (χ0n) is 15.3. The van der Waals surface area contributed by atoms with Gasteiger partial charge >= 0.3 is 0 Å². The quantitative estimate of drug-likeness (QED) is 0.613. The van der Waals surface area contributed by atoms with Crippen LogP contribution in [0.3, 0.4) is 0 Å². The van der Waals surface area contributed by atoms with E-state index < -0.39 is 6.04 Å². The van der Waals surface area contributed by atoms with Crippen molar-refractivity contribution in [1.82, 2.24) is 9.88 Å². The summed E-state index contributed by atoms with van der Waals surface area (Å²) in [5, 5.41) is 10.8. The van der Waals surface area contributed by atoms with Crippen LogP contribution in [0.1, 0.15) is 28.4 Å². The molecule has 4 nitrogen and oxygen atoms in total. The highest BCUT2D eigenvalue weighted by Crippen LogP contribution is 2.44. The molecule has 0 aliphatic carbocycles. The van der Waals surface area contributed by atoms with E-state index in [9.17, 15) is 9.90 Å². The fraction of sp³-hybridized carbons (Fsp3) is 0.130. The maximum atomic E-state index is 13.0. The van der Waals surface area contributed by atoms with Crippen LogP contribution in [0.4, 0.5) is 0 Å². The van der Waals surface area contributed by atoms with E-state index in [1.54, 1.807) is 11.1 Å². The van der Waals surface area contributed by atoms with Gasteiger partial charge in [-0.3, -0.25) is 9.78 Å². The number of hydrogen-bond donors (Lipinski definition) is 1. The second-order valence-electron chi connectivity index (χ2n) is 6.84. The summed E-state index contributed by atoms with van der Waals surface area (Å²) >= 11 is 3.52. The van der Waals surface area contributed by atoms with Gasteiger partial charge in [0.1, 0.15) is 0 Å². The van der Waals surface area contributed by atoms with E-state index in [2.05, 4.69) is 20.9 Å². The summed E-state index contributed by atoms with van der Waals surface area (Å²) in [7, 11) is 0. The third-order valence-electron chi connectivity index (χ3n) is 4.89. The molecule has 3 aromatic rings. The number of aliphatic hydroxyl groups is 1. The highest BCUT2D eigenvalue weighted by Gasteiger charge is 2.41. The van der Waals surface area contributed by atoms with Crippen LogP contribution in [-0.2, 0) is 11.3 Å². The number of hydrogen-bond acceptors (Lipinski definition) is 3. The molecule has 1 amide bonds. The van der Waals surface area contributed by atoms with Crippen LogP contribution in [0.2, 0.25) is 0 Å². The average Bonchev–Trinajstić information content (AvgIpc) is 2.94. The number of nitrogens with zero attached hydrogens (tertiary/aromatic N) is 2. The lowest BCUT2D eigenvalue weighted by Crippen LogP contribution is -2.30. The van der Waals surface area contributed by atoms with Crippen molar-refractivity contribution in [2.75, 3.05) is 0 Å². The number of aryl methyl sites for hydroxylation is 1. The van der Waals surface area contributed by atoms with Crippen molar-refractivity contribution in [3.63, 3.8) is 0 Å². The molecule has 0 fully saturated rings. The lowest BCUT2D eigenvalue weighted by molar-refractivity contribution is -0.130. The number of pyridine rings is 1. The number of aliphatic hydroxyl groups excluding tert-OH is 1. The fourth-order valence-corrected chi connectivity index (χ4v) is 3.95. The highest BCUT2D eigenvalue weighted by molar-refractivity contribution is 9.10. The van der Waals surface area contributed by atoms with Gasteiger partial charge in [0.2, 0.25) is 0 Å². The molecule has 5 heteroatoms. The van der Waals surface area contributed by atoms with Gasteiger partial charge in [-0.25, -0.2) is 0 Å². The van der Waals surface area contributed by atoms with E-state index in [-0.39, 0.29) is 11.7 Å². The van der Waals surface area contributed by atoms with E-state index in [4.69, 9.17) is 0 Å². The molecule has 0 saturated carbocycles. The molecule has 0 unspecified atom stereocenters. The number of carbonyl (C=O) groups is 1. The Bertz CT molecular complexity index is 1050. The number of amides is 1. The molecular weight excluding hydrogens is 416 g/mol. The van der Waals surface area contributed by atoms with Gasteiger partial charge in [0.25, 0.3) is 5.91 Å². The lowest BCUT2D eigenvalue weighted by atomic mass is 9.93. The second-order valence-corrected chi connectivity index (χ2v) is 7.76. The van der Waals surface area contributed by atoms with Gasteiger partial charge in [-0.15, -0.1) is 0 Å². The number of halogens is 1. The third-order valence-corrected chi connectivity index (χ3v) is 5.38. The summed E-state index contributed by atoms with van der Waals surface area (Å²) < 4.78 is 0.921. The first kappa shape index (κ1) is 18.4. The summed E-state index contributed by atoms with van der Waals surface area (Å²) in [4.78, 5) is 19.0. The molecular formula is C23H19BrN2O2. The van der Waals surface area contributed by atoms with Crippen molar-refractivity contribution in [2.45, 2.75) is 19.5 Å². The minimum atomic E-state index is -0.394. The van der Waals surface area contributed by atoms with Gasteiger partial charge in [0.15, 0.2) is 5.76 Å². The summed E-state index contributed by atoms with van der Waals surface area (Å²) in [5.74, 6) is -0.587. The van der Waals surface area contributed by atoms with E-state index in [0.717, 1.165) is 26.9 Å². The van der Waals surface area contributed by atoms with E-state index >= 15 is 0 Å². The van der Waals surface area contributed by atoms with Gasteiger partial charge in [0.05, 0.1) is 18.3 Å². The van der Waals surface area contributed by atoms with Gasteiger partial charge in [0, 0.05) is 16.2 Å². The average molecular weight is 435 g/mol. The number of benzene rings is 2. The van der Waals surface area contributed by atoms with Crippen LogP contribution in [-0.4, -0.2) is 20.9 Å². The molecule has 4 rings (SSSR count). The first-order valence-electron chi connectivity index (χ1n) is 9.01. The minimum Gasteiger partial charge on any atom is -0.503 e. The Morgan fingerprint density at radius 3 is 2.54 bits per heavy atom. The van der Waals surface area contributed by atoms with Gasteiger partial charge in [-0.1, -0.05) is 64.0 Å². The molecule has 0 radical (unpaired) electrons. The Kier molecular flexibility index (Phi) is 5.01. The lowest BCUT2D eigenvalue weighted by Gasteiger charge is -2.27. The summed E-state index contributed by atoms with van der Waals surface area (Å²) in [6.07, 6.45) is 1.71. The summed E-state index contributed by atoms with van der Waals surface area (Å²) in [6, 6.07) is 20.9. The first-order chi connectivity index (χ1) is 13.5. The van der Waals surface area contributed by atoms with Crippen molar-refractivity contribution < 1.29 is 9.90 Å². The van der Waals surface area contributed by atoms with E-state index in [0.29, 0.717) is 12.1 Å². The molecule has 0 spiro atoms. The molecule has 0 bridgehead atoms. The normalized spacial score (nSPS) is 16.7. The second kappa shape index (κ2) is 7.60. The summed E-state index contributed by atoms with van der Waals surface area (Å²) in [6.45, 7) is 2.33. The predicted molar refractivity (Wildman–Crippen MR) is 112 cm³/mol. The SMILES string of the molecule is Cc1ccc(C2=C(O)C(=O)N(Cc3ccccn3)[C@@H]2c2cccc(Br)c2)cc1. The fourth-order valence-electron chi connectivity index (χ4n) is 3.53. The van der Waals surface area contributed by atoms with E-state index in [1.165, 1.54) is 0 Å². The van der Waals surface area contributed by atoms with Crippen molar-refractivity contribution >= 4 is 27.4 Å². The van der Waals surface area contributed by atoms with Crippen LogP contribution in [0.5, 0.6) is 0 Å². The zero-order valence-corrected chi connectivity index (χ0v) is 16.9. The molecule has 28 heavy (non-hydrogen) atoms. The molecule has 1 atom stereocenters. The Hall–Kier alpha value is -2.92. The van der Waals surface area contributed by atoms with Crippen LogP contribution in [0, 0.1) is 6.92 Å². The van der Waals surface area contributed by atoms with E-state index in [1.807, 2.05) is 73.7 Å². The number of rotatable bonds is 4. The maximum Gasteiger partial charge on any atom is 0.290 e. The van der Waals surface area contributed by atoms with Crippen LogP contribution in [0.25, 0.3) is 5.57 Å². The van der Waals surface area contributed by atoms with Gasteiger partial charge < -0.3 is 10.0 Å². The molecule has 1 aliphatic rings. The predicted octanol–water partition coefficient (Wildman–Crippen LogP) is 5.21. The van der Waals surface area contributed by atoms with Crippen LogP contribution in [0.15, 0.2) is 83.2 Å². The Labute approximate surface area is 172 Å². The van der Waals surface area contributed by atoms with Crippen molar-refractivity contribution in [3.05, 3.63) is 106 Å². The third kappa shape index (κ3) is 3.45. The van der Waals surface area contributed by atoms with Gasteiger partial charge in [-0.2, -0.15) is 0 Å². The molecule has 2 aromatic carbocycles.